The minimum absolute atomic E-state index is 0.167. The van der Waals surface area contributed by atoms with Crippen molar-refractivity contribution in [3.63, 3.8) is 0 Å². The van der Waals surface area contributed by atoms with Gasteiger partial charge in [-0.15, -0.1) is 0 Å². The molecule has 10 heteroatoms. The Morgan fingerprint density at radius 1 is 1.20 bits per heavy atom. The first-order chi connectivity index (χ1) is 11.6. The second-order valence-corrected chi connectivity index (χ2v) is 9.84. The van der Waals surface area contributed by atoms with Crippen molar-refractivity contribution >= 4 is 25.7 Å². The van der Waals surface area contributed by atoms with E-state index in [0.29, 0.717) is 0 Å². The third kappa shape index (κ3) is 5.63. The molecular formula is C15H24FN3O4S2. The first-order valence-corrected chi connectivity index (χ1v) is 11.5. The Bertz CT molecular complexity index is 806. The van der Waals surface area contributed by atoms with Gasteiger partial charge in [0.05, 0.1) is 16.8 Å². The summed E-state index contributed by atoms with van der Waals surface area (Å²) in [5.74, 6) is -0.792. The van der Waals surface area contributed by atoms with Gasteiger partial charge in [-0.3, -0.25) is 4.72 Å². The molecule has 7 nitrogen and oxygen atoms in total. The minimum Gasteiger partial charge on any atom is -0.329 e. The van der Waals surface area contributed by atoms with Crippen LogP contribution < -0.4 is 15.2 Å². The van der Waals surface area contributed by atoms with E-state index in [-0.39, 0.29) is 23.0 Å². The van der Waals surface area contributed by atoms with Crippen LogP contribution in [0.1, 0.15) is 32.1 Å². The highest BCUT2D eigenvalue weighted by atomic mass is 32.2. The first-order valence-electron chi connectivity index (χ1n) is 8.12. The van der Waals surface area contributed by atoms with Gasteiger partial charge in [0.2, 0.25) is 20.0 Å². The highest BCUT2D eigenvalue weighted by Crippen LogP contribution is 2.27. The van der Waals surface area contributed by atoms with E-state index in [2.05, 4.69) is 4.72 Å². The fourth-order valence-electron chi connectivity index (χ4n) is 3.09. The molecule has 0 aliphatic heterocycles. The highest BCUT2D eigenvalue weighted by molar-refractivity contribution is 7.92. The normalized spacial score (nSPS) is 18.0. The van der Waals surface area contributed by atoms with Crippen molar-refractivity contribution in [1.29, 1.82) is 0 Å². The van der Waals surface area contributed by atoms with Crippen molar-refractivity contribution in [1.82, 2.24) is 4.72 Å². The molecule has 0 aromatic heterocycles. The zero-order valence-electron chi connectivity index (χ0n) is 14.0. The molecule has 1 atom stereocenters. The molecule has 25 heavy (non-hydrogen) atoms. The first kappa shape index (κ1) is 20.1. The lowest BCUT2D eigenvalue weighted by atomic mass is 9.84. The van der Waals surface area contributed by atoms with E-state index in [1.54, 1.807) is 0 Å². The Morgan fingerprint density at radius 3 is 2.36 bits per heavy atom. The molecule has 1 fully saturated rings. The number of hydrogen-bond donors (Lipinski definition) is 3. The van der Waals surface area contributed by atoms with Crippen molar-refractivity contribution in [2.45, 2.75) is 43.0 Å². The van der Waals surface area contributed by atoms with Crippen LogP contribution in [0, 0.1) is 11.7 Å². The highest BCUT2D eigenvalue weighted by Gasteiger charge is 2.28. The number of sulfonamides is 2. The molecule has 0 saturated heterocycles. The number of rotatable bonds is 7. The molecule has 142 valence electrons. The molecule has 1 unspecified atom stereocenters. The molecular weight excluding hydrogens is 369 g/mol. The topological polar surface area (TPSA) is 118 Å². The van der Waals surface area contributed by atoms with Gasteiger partial charge in [0.1, 0.15) is 5.82 Å². The van der Waals surface area contributed by atoms with E-state index in [9.17, 15) is 21.2 Å². The predicted octanol–water partition coefficient (Wildman–Crippen LogP) is 1.38. The minimum atomic E-state index is -3.95. The van der Waals surface area contributed by atoms with Crippen LogP contribution in [0.25, 0.3) is 0 Å². The molecule has 1 aromatic rings. The number of nitrogens with two attached hydrogens (primary N) is 1. The number of anilines is 1. The smallest absolute Gasteiger partial charge is 0.240 e. The average molecular weight is 394 g/mol. The summed E-state index contributed by atoms with van der Waals surface area (Å²) in [4.78, 5) is -0.265. The van der Waals surface area contributed by atoms with E-state index < -0.39 is 31.9 Å². The van der Waals surface area contributed by atoms with E-state index in [0.717, 1.165) is 56.6 Å². The molecule has 4 N–H and O–H groups in total. The Balaban J connectivity index is 2.19. The number of benzene rings is 1. The summed E-state index contributed by atoms with van der Waals surface area (Å²) in [6, 6.07) is 2.64. The summed E-state index contributed by atoms with van der Waals surface area (Å²) in [5.41, 5.74) is 5.43. The quantitative estimate of drug-likeness (QED) is 0.647. The van der Waals surface area contributed by atoms with Crippen molar-refractivity contribution in [3.8, 4) is 0 Å². The molecule has 2 rings (SSSR count). The Labute approximate surface area is 148 Å². The van der Waals surface area contributed by atoms with E-state index >= 15 is 0 Å². The van der Waals surface area contributed by atoms with Gasteiger partial charge in [0.25, 0.3) is 0 Å². The van der Waals surface area contributed by atoms with Gasteiger partial charge in [-0.2, -0.15) is 0 Å². The standard InChI is InChI=1S/C15H24FN3O4S2/c1-24(20,21)18-14-8-7-12(9-13(14)16)25(22,23)19-15(10-17)11-5-3-2-4-6-11/h7-9,11,15,18-19H,2-6,10,17H2,1H3. The third-order valence-corrected chi connectivity index (χ3v) is 6.40. The lowest BCUT2D eigenvalue weighted by Gasteiger charge is -2.29. The molecule has 0 heterocycles. The van der Waals surface area contributed by atoms with Crippen LogP contribution in [0.4, 0.5) is 10.1 Å². The fourth-order valence-corrected chi connectivity index (χ4v) is 4.98. The van der Waals surface area contributed by atoms with Gasteiger partial charge in [0.15, 0.2) is 0 Å². The summed E-state index contributed by atoms with van der Waals surface area (Å²) in [6.45, 7) is 0.167. The van der Waals surface area contributed by atoms with Gasteiger partial charge < -0.3 is 5.73 Å². The third-order valence-electron chi connectivity index (χ3n) is 4.33. The second kappa shape index (κ2) is 7.98. The van der Waals surface area contributed by atoms with Crippen LogP contribution in [-0.2, 0) is 20.0 Å². The van der Waals surface area contributed by atoms with Crippen molar-refractivity contribution in [2.75, 3.05) is 17.5 Å². The average Bonchev–Trinajstić information content (AvgIpc) is 2.54. The molecule has 0 amide bonds. The van der Waals surface area contributed by atoms with E-state index in [4.69, 9.17) is 5.73 Å². The molecule has 1 aliphatic carbocycles. The van der Waals surface area contributed by atoms with Gasteiger partial charge >= 0.3 is 0 Å². The van der Waals surface area contributed by atoms with Crippen LogP contribution in [0.3, 0.4) is 0 Å². The maximum Gasteiger partial charge on any atom is 0.240 e. The van der Waals surface area contributed by atoms with Crippen LogP contribution in [-0.4, -0.2) is 35.7 Å². The summed E-state index contributed by atoms with van der Waals surface area (Å²) in [6.07, 6.45) is 5.94. The summed E-state index contributed by atoms with van der Waals surface area (Å²) >= 11 is 0. The summed E-state index contributed by atoms with van der Waals surface area (Å²) < 4.78 is 66.0. The monoisotopic (exact) mass is 393 g/mol. The van der Waals surface area contributed by atoms with Crippen LogP contribution in [0.2, 0.25) is 0 Å². The Morgan fingerprint density at radius 2 is 1.84 bits per heavy atom. The van der Waals surface area contributed by atoms with Crippen LogP contribution in [0.15, 0.2) is 23.1 Å². The molecule has 1 aliphatic rings. The maximum absolute atomic E-state index is 14.0. The number of hydrogen-bond acceptors (Lipinski definition) is 5. The zero-order valence-corrected chi connectivity index (χ0v) is 15.7. The Kier molecular flexibility index (Phi) is 6.41. The molecule has 0 bridgehead atoms. The van der Waals surface area contributed by atoms with Crippen molar-refractivity contribution in [3.05, 3.63) is 24.0 Å². The summed E-state index contributed by atoms with van der Waals surface area (Å²) in [5, 5.41) is 0. The van der Waals surface area contributed by atoms with Gasteiger partial charge in [-0.05, 0) is 37.0 Å². The second-order valence-electron chi connectivity index (χ2n) is 6.38. The number of halogens is 1. The molecule has 0 spiro atoms. The van der Waals surface area contributed by atoms with Crippen LogP contribution >= 0.6 is 0 Å². The largest absolute Gasteiger partial charge is 0.329 e. The van der Waals surface area contributed by atoms with Gasteiger partial charge in [-0.1, -0.05) is 19.3 Å². The SMILES string of the molecule is CS(=O)(=O)Nc1ccc(S(=O)(=O)NC(CN)C2CCCCC2)cc1F. The fraction of sp³-hybridized carbons (Fsp3) is 0.600. The van der Waals surface area contributed by atoms with Crippen molar-refractivity contribution in [2.24, 2.45) is 11.7 Å². The van der Waals surface area contributed by atoms with Crippen molar-refractivity contribution < 1.29 is 21.2 Å². The van der Waals surface area contributed by atoms with E-state index in [1.807, 2.05) is 4.72 Å². The molecule has 1 saturated carbocycles. The van der Waals surface area contributed by atoms with Crippen LogP contribution in [0.5, 0.6) is 0 Å². The lowest BCUT2D eigenvalue weighted by Crippen LogP contribution is -2.45. The summed E-state index contributed by atoms with van der Waals surface area (Å²) in [7, 11) is -7.61. The Hall–Kier alpha value is -1.23. The zero-order chi connectivity index (χ0) is 18.7. The predicted molar refractivity (Wildman–Crippen MR) is 94.6 cm³/mol. The van der Waals surface area contributed by atoms with Gasteiger partial charge in [0, 0.05) is 12.6 Å². The lowest BCUT2D eigenvalue weighted by molar-refractivity contribution is 0.294. The molecule has 0 radical (unpaired) electrons. The maximum atomic E-state index is 14.0. The van der Waals surface area contributed by atoms with Gasteiger partial charge in [-0.25, -0.2) is 25.9 Å². The number of nitrogens with one attached hydrogen (secondary N) is 2. The molecule has 1 aromatic carbocycles. The van der Waals surface area contributed by atoms with E-state index in [1.165, 1.54) is 0 Å².